The Hall–Kier alpha value is -2.80. The number of Topliss-reactive ketones (excluding diaryl/α,β-unsaturated/α-hetero) is 1. The van der Waals surface area contributed by atoms with Gasteiger partial charge in [-0.25, -0.2) is 0 Å². The number of rotatable bonds is 7. The molecule has 3 rings (SSSR count). The molecule has 0 bridgehead atoms. The summed E-state index contributed by atoms with van der Waals surface area (Å²) in [5.41, 5.74) is 5.83. The van der Waals surface area contributed by atoms with Crippen LogP contribution in [0, 0.1) is 27.7 Å². The largest absolute Gasteiger partial charge is 0.497 e. The Morgan fingerprint density at radius 2 is 1.59 bits per heavy atom. The molecule has 0 radical (unpaired) electrons. The van der Waals surface area contributed by atoms with E-state index in [1.54, 1.807) is 32.4 Å². The number of hydrogen-bond donors (Lipinski definition) is 0. The van der Waals surface area contributed by atoms with Gasteiger partial charge in [-0.1, -0.05) is 17.8 Å². The zero-order chi connectivity index (χ0) is 21.1. The van der Waals surface area contributed by atoms with Gasteiger partial charge in [0, 0.05) is 17.2 Å². The minimum Gasteiger partial charge on any atom is -0.497 e. The van der Waals surface area contributed by atoms with Crippen LogP contribution in [0.1, 0.15) is 32.6 Å². The highest BCUT2D eigenvalue weighted by atomic mass is 32.2. The zero-order valence-electron chi connectivity index (χ0n) is 17.5. The van der Waals surface area contributed by atoms with Crippen LogP contribution >= 0.6 is 11.8 Å². The number of hydrogen-bond acceptors (Lipinski definition) is 7. The Balaban J connectivity index is 1.77. The van der Waals surface area contributed by atoms with Crippen LogP contribution in [0.4, 0.5) is 0 Å². The molecule has 0 atom stereocenters. The summed E-state index contributed by atoms with van der Waals surface area (Å²) < 4.78 is 16.3. The van der Waals surface area contributed by atoms with E-state index in [2.05, 4.69) is 23.2 Å². The van der Waals surface area contributed by atoms with Gasteiger partial charge in [-0.2, -0.15) is 0 Å². The van der Waals surface area contributed by atoms with Crippen LogP contribution in [0.25, 0.3) is 11.5 Å². The molecule has 0 saturated carbocycles. The van der Waals surface area contributed by atoms with Crippen molar-refractivity contribution in [2.24, 2.45) is 0 Å². The minimum atomic E-state index is 0.0518. The summed E-state index contributed by atoms with van der Waals surface area (Å²) in [5, 5.41) is 8.49. The summed E-state index contributed by atoms with van der Waals surface area (Å²) in [6, 6.07) is 7.40. The molecule has 0 amide bonds. The Morgan fingerprint density at radius 1 is 0.931 bits per heavy atom. The van der Waals surface area contributed by atoms with Gasteiger partial charge in [0.05, 0.1) is 20.0 Å². The van der Waals surface area contributed by atoms with Crippen LogP contribution in [-0.2, 0) is 0 Å². The number of carbonyl (C=O) groups excluding carboxylic acids is 1. The van der Waals surface area contributed by atoms with Crippen molar-refractivity contribution >= 4 is 17.5 Å². The molecule has 0 N–H and O–H groups in total. The highest BCUT2D eigenvalue weighted by Gasteiger charge is 2.18. The molecule has 0 aliphatic heterocycles. The third-order valence-electron chi connectivity index (χ3n) is 4.97. The molecule has 0 saturated heterocycles. The number of methoxy groups -OCH3 is 2. The number of ketones is 1. The summed E-state index contributed by atoms with van der Waals surface area (Å²) in [5.74, 6) is 1.88. The van der Waals surface area contributed by atoms with Crippen molar-refractivity contribution in [3.8, 4) is 23.0 Å². The van der Waals surface area contributed by atoms with E-state index in [4.69, 9.17) is 13.9 Å². The normalized spacial score (nSPS) is 10.8. The summed E-state index contributed by atoms with van der Waals surface area (Å²) in [4.78, 5) is 12.8. The van der Waals surface area contributed by atoms with Gasteiger partial charge in [-0.05, 0) is 62.1 Å². The molecule has 29 heavy (non-hydrogen) atoms. The fourth-order valence-electron chi connectivity index (χ4n) is 3.23. The van der Waals surface area contributed by atoms with E-state index >= 15 is 0 Å². The average molecular weight is 413 g/mol. The summed E-state index contributed by atoms with van der Waals surface area (Å²) in [6.07, 6.45) is 0. The van der Waals surface area contributed by atoms with E-state index < -0.39 is 0 Å². The monoisotopic (exact) mass is 412 g/mol. The van der Waals surface area contributed by atoms with Crippen LogP contribution in [0.5, 0.6) is 11.5 Å². The Labute approximate surface area is 174 Å². The molecule has 0 spiro atoms. The van der Waals surface area contributed by atoms with Crippen molar-refractivity contribution < 1.29 is 18.7 Å². The fourth-order valence-corrected chi connectivity index (χ4v) is 3.86. The molecule has 0 aliphatic rings. The van der Waals surface area contributed by atoms with E-state index in [-0.39, 0.29) is 11.5 Å². The first-order valence-electron chi connectivity index (χ1n) is 9.14. The predicted octanol–water partition coefficient (Wildman–Crippen LogP) is 4.96. The van der Waals surface area contributed by atoms with Crippen LogP contribution in [0.3, 0.4) is 0 Å². The van der Waals surface area contributed by atoms with Gasteiger partial charge in [-0.3, -0.25) is 4.79 Å². The van der Waals surface area contributed by atoms with E-state index in [9.17, 15) is 4.79 Å². The topological polar surface area (TPSA) is 74.5 Å². The molecule has 152 valence electrons. The third kappa shape index (κ3) is 4.45. The SMILES string of the molecule is COc1cc(OC)cc(-c2nnc(SCC(=O)c3c(C)cc(C)c(C)c3C)o2)c1. The van der Waals surface area contributed by atoms with Crippen molar-refractivity contribution in [2.45, 2.75) is 32.9 Å². The zero-order valence-corrected chi connectivity index (χ0v) is 18.3. The average Bonchev–Trinajstić information content (AvgIpc) is 3.19. The van der Waals surface area contributed by atoms with Gasteiger partial charge in [0.15, 0.2) is 5.78 Å². The first-order valence-corrected chi connectivity index (χ1v) is 10.1. The van der Waals surface area contributed by atoms with Gasteiger partial charge >= 0.3 is 0 Å². The lowest BCUT2D eigenvalue weighted by atomic mass is 9.92. The van der Waals surface area contributed by atoms with Gasteiger partial charge in [0.2, 0.25) is 5.89 Å². The molecule has 6 nitrogen and oxygen atoms in total. The smallest absolute Gasteiger partial charge is 0.277 e. The first kappa shape index (κ1) is 20.9. The number of thioether (sulfide) groups is 1. The molecular formula is C22H24N2O4S. The third-order valence-corrected chi connectivity index (χ3v) is 5.79. The fraction of sp³-hybridized carbons (Fsp3) is 0.318. The van der Waals surface area contributed by atoms with Crippen LogP contribution in [0.15, 0.2) is 33.9 Å². The van der Waals surface area contributed by atoms with Crippen molar-refractivity contribution in [3.63, 3.8) is 0 Å². The first-order chi connectivity index (χ1) is 13.8. The van der Waals surface area contributed by atoms with Crippen molar-refractivity contribution in [2.75, 3.05) is 20.0 Å². The summed E-state index contributed by atoms with van der Waals surface area (Å²) in [7, 11) is 3.16. The molecule has 0 fully saturated rings. The Kier molecular flexibility index (Phi) is 6.27. The highest BCUT2D eigenvalue weighted by molar-refractivity contribution is 7.99. The maximum Gasteiger partial charge on any atom is 0.277 e. The van der Waals surface area contributed by atoms with E-state index in [1.807, 2.05) is 20.8 Å². The number of carbonyl (C=O) groups is 1. The predicted molar refractivity (Wildman–Crippen MR) is 113 cm³/mol. The van der Waals surface area contributed by atoms with Crippen molar-refractivity contribution in [1.29, 1.82) is 0 Å². The second kappa shape index (κ2) is 8.69. The van der Waals surface area contributed by atoms with Gasteiger partial charge in [0.1, 0.15) is 11.5 Å². The maximum absolute atomic E-state index is 12.8. The van der Waals surface area contributed by atoms with Crippen molar-refractivity contribution in [3.05, 3.63) is 52.1 Å². The highest BCUT2D eigenvalue weighted by Crippen LogP contribution is 2.31. The molecule has 1 heterocycles. The number of benzene rings is 2. The number of ether oxygens (including phenoxy) is 2. The van der Waals surface area contributed by atoms with E-state index in [0.717, 1.165) is 22.3 Å². The van der Waals surface area contributed by atoms with Gasteiger partial charge in [-0.15, -0.1) is 10.2 Å². The lowest BCUT2D eigenvalue weighted by Gasteiger charge is -2.13. The Morgan fingerprint density at radius 3 is 2.21 bits per heavy atom. The number of nitrogens with zero attached hydrogens (tertiary/aromatic N) is 2. The lowest BCUT2D eigenvalue weighted by Crippen LogP contribution is -2.09. The standard InChI is InChI=1S/C22H24N2O4S/c1-12-7-13(2)20(15(4)14(12)3)19(25)11-29-22-24-23-21(28-22)16-8-17(26-5)10-18(9-16)27-6/h7-10H,11H2,1-6H3. The summed E-state index contributed by atoms with van der Waals surface area (Å²) >= 11 is 1.23. The minimum absolute atomic E-state index is 0.0518. The molecule has 0 unspecified atom stereocenters. The van der Waals surface area contributed by atoms with Crippen LogP contribution < -0.4 is 9.47 Å². The summed E-state index contributed by atoms with van der Waals surface area (Å²) in [6.45, 7) is 8.07. The van der Waals surface area contributed by atoms with Gasteiger partial charge < -0.3 is 13.9 Å². The van der Waals surface area contributed by atoms with Crippen LogP contribution in [-0.4, -0.2) is 36.0 Å². The lowest BCUT2D eigenvalue weighted by molar-refractivity contribution is 0.102. The van der Waals surface area contributed by atoms with E-state index in [0.29, 0.717) is 28.2 Å². The van der Waals surface area contributed by atoms with E-state index in [1.165, 1.54) is 17.3 Å². The quantitative estimate of drug-likeness (QED) is 0.401. The van der Waals surface area contributed by atoms with Crippen LogP contribution in [0.2, 0.25) is 0 Å². The number of aromatic nitrogens is 2. The molecule has 7 heteroatoms. The molecule has 3 aromatic rings. The Bertz CT molecular complexity index is 1040. The second-order valence-electron chi connectivity index (χ2n) is 6.82. The molecule has 0 aliphatic carbocycles. The second-order valence-corrected chi connectivity index (χ2v) is 7.75. The maximum atomic E-state index is 12.8. The molecule has 2 aromatic carbocycles. The van der Waals surface area contributed by atoms with Crippen molar-refractivity contribution in [1.82, 2.24) is 10.2 Å². The number of aryl methyl sites for hydroxylation is 2. The molecular weight excluding hydrogens is 388 g/mol. The van der Waals surface area contributed by atoms with Gasteiger partial charge in [0.25, 0.3) is 5.22 Å². The molecule has 1 aromatic heterocycles.